The van der Waals surface area contributed by atoms with Crippen LogP contribution in [0.25, 0.3) is 10.7 Å². The number of pyridine rings is 1. The van der Waals surface area contributed by atoms with Gasteiger partial charge in [0.1, 0.15) is 5.01 Å². The molecule has 1 atom stereocenters. The third-order valence-electron chi connectivity index (χ3n) is 4.19. The molecule has 24 heavy (non-hydrogen) atoms. The van der Waals surface area contributed by atoms with Gasteiger partial charge >= 0.3 is 0 Å². The molecular formula is C18H24N4OS. The van der Waals surface area contributed by atoms with Crippen molar-refractivity contribution in [3.63, 3.8) is 0 Å². The Kier molecular flexibility index (Phi) is 5.93. The van der Waals surface area contributed by atoms with Gasteiger partial charge in [0, 0.05) is 24.7 Å². The largest absolute Gasteiger partial charge is 0.355 e. The highest BCUT2D eigenvalue weighted by molar-refractivity contribution is 7.13. The normalized spacial score (nSPS) is 16.2. The van der Waals surface area contributed by atoms with E-state index >= 15 is 0 Å². The van der Waals surface area contributed by atoms with Crippen molar-refractivity contribution >= 4 is 17.2 Å². The molecule has 0 aliphatic carbocycles. The number of likely N-dealkylation sites (tertiary alicyclic amines) is 1. The number of hydrogen-bond acceptors (Lipinski definition) is 5. The van der Waals surface area contributed by atoms with Gasteiger partial charge in [-0.2, -0.15) is 0 Å². The highest BCUT2D eigenvalue weighted by Gasteiger charge is 2.15. The number of thiazole rings is 1. The lowest BCUT2D eigenvalue weighted by Gasteiger charge is -2.20. The molecule has 1 aliphatic heterocycles. The standard InChI is InChI=1S/C18H24N4OS/c1-14(12-22-8-4-5-9-22)11-20-17(23)10-15-13-24-18(21-15)16-6-2-3-7-19-16/h2-3,6-7,13-14H,4-5,8-12H2,1H3,(H,20,23). The van der Waals surface area contributed by atoms with Crippen LogP contribution in [0.4, 0.5) is 0 Å². The number of rotatable bonds is 7. The number of carbonyl (C=O) groups excluding carboxylic acids is 1. The van der Waals surface area contributed by atoms with Gasteiger partial charge in [-0.05, 0) is 44.0 Å². The Morgan fingerprint density at radius 2 is 2.21 bits per heavy atom. The summed E-state index contributed by atoms with van der Waals surface area (Å²) < 4.78 is 0. The summed E-state index contributed by atoms with van der Waals surface area (Å²) >= 11 is 1.53. The molecule has 1 aliphatic rings. The van der Waals surface area contributed by atoms with Gasteiger partial charge in [0.2, 0.25) is 5.91 Å². The highest BCUT2D eigenvalue weighted by atomic mass is 32.1. The second-order valence-corrected chi connectivity index (χ2v) is 7.31. The van der Waals surface area contributed by atoms with Crippen molar-refractivity contribution < 1.29 is 4.79 Å². The summed E-state index contributed by atoms with van der Waals surface area (Å²) in [7, 11) is 0. The second-order valence-electron chi connectivity index (χ2n) is 6.45. The van der Waals surface area contributed by atoms with Crippen LogP contribution < -0.4 is 5.32 Å². The summed E-state index contributed by atoms with van der Waals surface area (Å²) in [4.78, 5) is 23.4. The molecule has 1 unspecified atom stereocenters. The van der Waals surface area contributed by atoms with E-state index in [1.165, 1.54) is 37.3 Å². The number of hydrogen-bond donors (Lipinski definition) is 1. The van der Waals surface area contributed by atoms with Gasteiger partial charge in [-0.25, -0.2) is 4.98 Å². The van der Waals surface area contributed by atoms with E-state index in [4.69, 9.17) is 0 Å². The fraction of sp³-hybridized carbons (Fsp3) is 0.500. The van der Waals surface area contributed by atoms with Crippen molar-refractivity contribution in [3.8, 4) is 10.7 Å². The molecule has 0 radical (unpaired) electrons. The molecule has 1 saturated heterocycles. The van der Waals surface area contributed by atoms with Gasteiger partial charge < -0.3 is 10.2 Å². The minimum absolute atomic E-state index is 0.0427. The van der Waals surface area contributed by atoms with E-state index in [2.05, 4.69) is 27.1 Å². The van der Waals surface area contributed by atoms with Crippen LogP contribution in [0.3, 0.4) is 0 Å². The van der Waals surface area contributed by atoms with E-state index in [-0.39, 0.29) is 5.91 Å². The fourth-order valence-electron chi connectivity index (χ4n) is 2.98. The molecule has 2 aromatic heterocycles. The molecule has 3 rings (SSSR count). The van der Waals surface area contributed by atoms with E-state index in [9.17, 15) is 4.79 Å². The molecule has 0 bridgehead atoms. The molecule has 1 N–H and O–H groups in total. The van der Waals surface area contributed by atoms with E-state index in [1.807, 2.05) is 23.6 Å². The topological polar surface area (TPSA) is 58.1 Å². The Bertz CT molecular complexity index is 652. The lowest BCUT2D eigenvalue weighted by atomic mass is 10.1. The number of amides is 1. The molecule has 0 saturated carbocycles. The summed E-state index contributed by atoms with van der Waals surface area (Å²) in [5.74, 6) is 0.521. The van der Waals surface area contributed by atoms with Crippen molar-refractivity contribution in [1.29, 1.82) is 0 Å². The van der Waals surface area contributed by atoms with Crippen LogP contribution in [-0.2, 0) is 11.2 Å². The van der Waals surface area contributed by atoms with E-state index in [1.54, 1.807) is 6.20 Å². The van der Waals surface area contributed by atoms with Gasteiger partial charge in [0.15, 0.2) is 0 Å². The summed E-state index contributed by atoms with van der Waals surface area (Å²) in [5, 5.41) is 5.84. The summed E-state index contributed by atoms with van der Waals surface area (Å²) in [6, 6.07) is 5.76. The lowest BCUT2D eigenvalue weighted by Crippen LogP contribution is -2.35. The molecule has 6 heteroatoms. The highest BCUT2D eigenvalue weighted by Crippen LogP contribution is 2.21. The molecule has 0 aromatic carbocycles. The average molecular weight is 344 g/mol. The summed E-state index contributed by atoms with van der Waals surface area (Å²) in [6.45, 7) is 6.40. The molecule has 3 heterocycles. The number of carbonyl (C=O) groups is 1. The minimum Gasteiger partial charge on any atom is -0.355 e. The van der Waals surface area contributed by atoms with E-state index in [0.717, 1.165) is 29.5 Å². The van der Waals surface area contributed by atoms with Crippen LogP contribution >= 0.6 is 11.3 Å². The number of nitrogens with one attached hydrogen (secondary N) is 1. The molecular weight excluding hydrogens is 320 g/mol. The van der Waals surface area contributed by atoms with Crippen LogP contribution in [0.2, 0.25) is 0 Å². The Labute approximate surface area is 147 Å². The van der Waals surface area contributed by atoms with Crippen LogP contribution in [-0.4, -0.2) is 47.0 Å². The minimum atomic E-state index is 0.0427. The van der Waals surface area contributed by atoms with Gasteiger partial charge in [-0.3, -0.25) is 9.78 Å². The van der Waals surface area contributed by atoms with Crippen molar-refractivity contribution in [3.05, 3.63) is 35.5 Å². The van der Waals surface area contributed by atoms with Gasteiger partial charge in [-0.1, -0.05) is 13.0 Å². The zero-order valence-electron chi connectivity index (χ0n) is 14.1. The fourth-order valence-corrected chi connectivity index (χ4v) is 3.78. The van der Waals surface area contributed by atoms with Gasteiger partial charge in [0.05, 0.1) is 17.8 Å². The van der Waals surface area contributed by atoms with Crippen molar-refractivity contribution in [2.75, 3.05) is 26.2 Å². The number of nitrogens with zero attached hydrogens (tertiary/aromatic N) is 3. The molecule has 0 spiro atoms. The predicted octanol–water partition coefficient (Wildman–Crippen LogP) is 2.60. The first kappa shape index (κ1) is 17.0. The van der Waals surface area contributed by atoms with Crippen LogP contribution in [0.15, 0.2) is 29.8 Å². The van der Waals surface area contributed by atoms with Crippen LogP contribution in [0, 0.1) is 5.92 Å². The smallest absolute Gasteiger partial charge is 0.226 e. The van der Waals surface area contributed by atoms with E-state index in [0.29, 0.717) is 12.3 Å². The maximum absolute atomic E-state index is 12.1. The Hall–Kier alpha value is -1.79. The van der Waals surface area contributed by atoms with Crippen molar-refractivity contribution in [2.45, 2.75) is 26.2 Å². The first-order valence-corrected chi connectivity index (χ1v) is 9.43. The molecule has 128 valence electrons. The third-order valence-corrected chi connectivity index (χ3v) is 5.11. The van der Waals surface area contributed by atoms with Crippen molar-refractivity contribution in [1.82, 2.24) is 20.2 Å². The quantitative estimate of drug-likeness (QED) is 0.839. The second kappa shape index (κ2) is 8.35. The number of aromatic nitrogens is 2. The Morgan fingerprint density at radius 1 is 1.38 bits per heavy atom. The molecule has 1 amide bonds. The molecule has 2 aromatic rings. The van der Waals surface area contributed by atoms with Crippen molar-refractivity contribution in [2.24, 2.45) is 5.92 Å². The average Bonchev–Trinajstić information content (AvgIpc) is 3.26. The lowest BCUT2D eigenvalue weighted by molar-refractivity contribution is -0.120. The SMILES string of the molecule is CC(CNC(=O)Cc1csc(-c2ccccn2)n1)CN1CCCC1. The molecule has 5 nitrogen and oxygen atoms in total. The zero-order valence-corrected chi connectivity index (χ0v) is 14.9. The first-order chi connectivity index (χ1) is 11.7. The molecule has 1 fully saturated rings. The predicted molar refractivity (Wildman–Crippen MR) is 96.9 cm³/mol. The maximum atomic E-state index is 12.1. The summed E-state index contributed by atoms with van der Waals surface area (Å²) in [5.41, 5.74) is 1.67. The Balaban J connectivity index is 1.44. The van der Waals surface area contributed by atoms with Crippen LogP contribution in [0.1, 0.15) is 25.5 Å². The zero-order chi connectivity index (χ0) is 16.8. The monoisotopic (exact) mass is 344 g/mol. The maximum Gasteiger partial charge on any atom is 0.226 e. The third kappa shape index (κ3) is 4.85. The summed E-state index contributed by atoms with van der Waals surface area (Å²) in [6.07, 6.45) is 4.70. The van der Waals surface area contributed by atoms with E-state index < -0.39 is 0 Å². The Morgan fingerprint density at radius 3 is 2.96 bits per heavy atom. The van der Waals surface area contributed by atoms with Crippen LogP contribution in [0.5, 0.6) is 0 Å². The van der Waals surface area contributed by atoms with Gasteiger partial charge in [0.25, 0.3) is 0 Å². The first-order valence-electron chi connectivity index (χ1n) is 8.55. The van der Waals surface area contributed by atoms with Gasteiger partial charge in [-0.15, -0.1) is 11.3 Å².